The summed E-state index contributed by atoms with van der Waals surface area (Å²) in [7, 11) is 0. The maximum Gasteiger partial charge on any atom is 0.0844 e. The molecule has 4 aromatic heterocycles. The minimum atomic E-state index is 1.04. The number of benzene rings is 1. The number of aromatic amines is 4. The van der Waals surface area contributed by atoms with Gasteiger partial charge in [-0.25, -0.2) is 0 Å². The van der Waals surface area contributed by atoms with E-state index in [1.807, 2.05) is 0 Å². The number of nitrogens with zero attached hydrogens (tertiary/aromatic N) is 1. The van der Waals surface area contributed by atoms with E-state index in [0.717, 1.165) is 62.8 Å². The van der Waals surface area contributed by atoms with E-state index in [1.54, 1.807) is 0 Å². The van der Waals surface area contributed by atoms with Crippen LogP contribution in [0.3, 0.4) is 0 Å². The fraction of sp³-hybridized carbons (Fsp3) is 0.235. The lowest BCUT2D eigenvalue weighted by Gasteiger charge is -2.27. The Kier molecular flexibility index (Phi) is 7.13. The van der Waals surface area contributed by atoms with Gasteiger partial charge in [-0.1, -0.05) is 57.0 Å². The van der Waals surface area contributed by atoms with Crippen LogP contribution in [0.2, 0.25) is 0 Å². The van der Waals surface area contributed by atoms with E-state index in [1.165, 1.54) is 36.9 Å². The zero-order valence-electron chi connectivity index (χ0n) is 22.9. The molecule has 6 rings (SSSR count). The molecule has 5 heteroatoms. The minimum Gasteiger partial charge on any atom is -0.368 e. The van der Waals surface area contributed by atoms with Gasteiger partial charge in [0.15, 0.2) is 0 Å². The molecule has 4 N–H and O–H groups in total. The Morgan fingerprint density at radius 2 is 1.15 bits per heavy atom. The minimum absolute atomic E-state index is 1.04. The zero-order chi connectivity index (χ0) is 26.6. The number of hydrogen-bond donors (Lipinski definition) is 4. The monoisotopic (exact) mass is 515 g/mol. The summed E-state index contributed by atoms with van der Waals surface area (Å²) in [6.45, 7) is 6.61. The molecule has 0 unspecified atom stereocenters. The Morgan fingerprint density at radius 3 is 1.82 bits per heavy atom. The Balaban J connectivity index is 1.59. The van der Waals surface area contributed by atoms with Crippen LogP contribution in [0.4, 0.5) is 0 Å². The summed E-state index contributed by atoms with van der Waals surface area (Å²) < 4.78 is 0. The van der Waals surface area contributed by atoms with Crippen molar-refractivity contribution in [2.75, 3.05) is 13.1 Å². The van der Waals surface area contributed by atoms with Gasteiger partial charge < -0.3 is 24.8 Å². The molecule has 0 atom stereocenters. The van der Waals surface area contributed by atoms with Crippen molar-refractivity contribution in [2.24, 2.45) is 0 Å². The smallest absolute Gasteiger partial charge is 0.0844 e. The van der Waals surface area contributed by atoms with Gasteiger partial charge in [0.25, 0.3) is 0 Å². The Bertz CT molecular complexity index is 1780. The van der Waals surface area contributed by atoms with Crippen molar-refractivity contribution in [3.05, 3.63) is 129 Å². The maximum absolute atomic E-state index is 3.72. The zero-order valence-corrected chi connectivity index (χ0v) is 22.9. The van der Waals surface area contributed by atoms with Crippen LogP contribution in [0.25, 0.3) is 23.4 Å². The van der Waals surface area contributed by atoms with E-state index in [0.29, 0.717) is 0 Å². The van der Waals surface area contributed by atoms with Crippen molar-refractivity contribution >= 4 is 23.4 Å². The SMILES string of the molecule is CCCCN(CCCC)C1=c2ccc([nH]2)=Cc2ccc([nH]2)C(c2ccccc2)=c2ccc([nH]2)=Cc2ccc1[nH]2. The van der Waals surface area contributed by atoms with Gasteiger partial charge in [-0.3, -0.25) is 0 Å². The average Bonchev–Trinajstić information content (AvgIpc) is 3.77. The third-order valence-electron chi connectivity index (χ3n) is 7.45. The molecule has 198 valence electrons. The van der Waals surface area contributed by atoms with Gasteiger partial charge in [-0.15, -0.1) is 0 Å². The van der Waals surface area contributed by atoms with Crippen LogP contribution in [0.15, 0.2) is 78.9 Å². The summed E-state index contributed by atoms with van der Waals surface area (Å²) in [6, 6.07) is 28.0. The van der Waals surface area contributed by atoms with Gasteiger partial charge in [0.2, 0.25) is 0 Å². The van der Waals surface area contributed by atoms with Gasteiger partial charge in [-0.2, -0.15) is 0 Å². The number of fused-ring (bicyclic) bond motifs is 8. The lowest BCUT2D eigenvalue weighted by molar-refractivity contribution is 0.375. The molecule has 0 radical (unpaired) electrons. The Hall–Kier alpha value is -4.38. The van der Waals surface area contributed by atoms with Crippen LogP contribution in [0.5, 0.6) is 0 Å². The number of hydrogen-bond acceptors (Lipinski definition) is 1. The molecule has 0 fully saturated rings. The largest absolute Gasteiger partial charge is 0.368 e. The topological polar surface area (TPSA) is 66.4 Å². The highest BCUT2D eigenvalue weighted by atomic mass is 15.1. The molecule has 0 aliphatic carbocycles. The van der Waals surface area contributed by atoms with Crippen LogP contribution in [0, 0.1) is 0 Å². The molecule has 5 heterocycles. The average molecular weight is 516 g/mol. The second-order valence-corrected chi connectivity index (χ2v) is 10.4. The van der Waals surface area contributed by atoms with Gasteiger partial charge in [0.1, 0.15) is 0 Å². The molecular weight excluding hydrogens is 478 g/mol. The maximum atomic E-state index is 3.72. The second-order valence-electron chi connectivity index (χ2n) is 10.4. The fourth-order valence-corrected chi connectivity index (χ4v) is 5.47. The predicted molar refractivity (Wildman–Crippen MR) is 161 cm³/mol. The molecule has 39 heavy (non-hydrogen) atoms. The van der Waals surface area contributed by atoms with E-state index >= 15 is 0 Å². The molecule has 0 amide bonds. The standard InChI is InChI=1S/C34H37N5/c1-3-5-20-39(21-6-4-2)34-31-18-14-27(37-31)22-25-12-16-29(35-25)33(24-10-8-7-9-11-24)30-17-13-26(36-30)23-28-15-19-32(34)38-28/h7-19,22-23,35-38H,3-6,20-21H2,1-2H3. The molecule has 1 aromatic carbocycles. The quantitative estimate of drug-likeness (QED) is 0.245. The summed E-state index contributed by atoms with van der Waals surface area (Å²) in [6.07, 6.45) is 9.07. The second kappa shape index (κ2) is 11.2. The van der Waals surface area contributed by atoms with Crippen LogP contribution in [0.1, 0.15) is 67.9 Å². The van der Waals surface area contributed by atoms with Crippen LogP contribution < -0.4 is 21.4 Å². The highest BCUT2D eigenvalue weighted by molar-refractivity contribution is 5.78. The highest BCUT2D eigenvalue weighted by Crippen LogP contribution is 2.21. The summed E-state index contributed by atoms with van der Waals surface area (Å²) in [4.78, 5) is 17.3. The number of aromatic nitrogens is 4. The molecule has 5 nitrogen and oxygen atoms in total. The van der Waals surface area contributed by atoms with Gasteiger partial charge in [0.05, 0.1) is 16.7 Å². The van der Waals surface area contributed by atoms with Crippen molar-refractivity contribution in [3.8, 4) is 0 Å². The summed E-state index contributed by atoms with van der Waals surface area (Å²) in [5.74, 6) is 0. The van der Waals surface area contributed by atoms with Gasteiger partial charge in [0, 0.05) is 51.8 Å². The van der Waals surface area contributed by atoms with Crippen molar-refractivity contribution in [3.63, 3.8) is 0 Å². The van der Waals surface area contributed by atoms with E-state index < -0.39 is 0 Å². The molecule has 1 aliphatic heterocycles. The molecule has 0 spiro atoms. The molecule has 8 bridgehead atoms. The van der Waals surface area contributed by atoms with Crippen molar-refractivity contribution < 1.29 is 0 Å². The summed E-state index contributed by atoms with van der Waals surface area (Å²) in [5.41, 5.74) is 7.93. The third-order valence-corrected chi connectivity index (χ3v) is 7.45. The van der Waals surface area contributed by atoms with Gasteiger partial charge >= 0.3 is 0 Å². The first-order chi connectivity index (χ1) is 19.2. The van der Waals surface area contributed by atoms with E-state index in [4.69, 9.17) is 0 Å². The number of unbranched alkanes of at least 4 members (excludes halogenated alkanes) is 2. The van der Waals surface area contributed by atoms with E-state index in [9.17, 15) is 0 Å². The first kappa shape index (κ1) is 24.9. The molecule has 5 aromatic rings. The number of nitrogens with one attached hydrogen (secondary N) is 4. The fourth-order valence-electron chi connectivity index (χ4n) is 5.47. The third kappa shape index (κ3) is 5.30. The van der Waals surface area contributed by atoms with E-state index in [2.05, 4.69) is 130 Å². The van der Waals surface area contributed by atoms with Crippen LogP contribution in [-0.2, 0) is 0 Å². The first-order valence-corrected chi connectivity index (χ1v) is 14.2. The lowest BCUT2D eigenvalue weighted by Crippen LogP contribution is -2.31. The van der Waals surface area contributed by atoms with Crippen molar-refractivity contribution in [1.82, 2.24) is 24.8 Å². The number of rotatable bonds is 8. The van der Waals surface area contributed by atoms with Crippen LogP contribution in [-0.4, -0.2) is 37.9 Å². The Morgan fingerprint density at radius 1 is 0.564 bits per heavy atom. The normalized spacial score (nSPS) is 12.8. The lowest BCUT2D eigenvalue weighted by atomic mass is 10.0. The van der Waals surface area contributed by atoms with E-state index in [-0.39, 0.29) is 0 Å². The summed E-state index contributed by atoms with van der Waals surface area (Å²) >= 11 is 0. The first-order valence-electron chi connectivity index (χ1n) is 14.2. The van der Waals surface area contributed by atoms with Crippen molar-refractivity contribution in [1.29, 1.82) is 0 Å². The van der Waals surface area contributed by atoms with Crippen molar-refractivity contribution in [2.45, 2.75) is 39.5 Å². The highest BCUT2D eigenvalue weighted by Gasteiger charge is 2.15. The molecule has 0 saturated carbocycles. The molecule has 1 aliphatic rings. The Labute approximate surface area is 229 Å². The van der Waals surface area contributed by atoms with Crippen LogP contribution >= 0.6 is 0 Å². The van der Waals surface area contributed by atoms with Gasteiger partial charge in [-0.05, 0) is 79.1 Å². The summed E-state index contributed by atoms with van der Waals surface area (Å²) in [5, 5.41) is 4.37. The molecule has 0 saturated heterocycles. The number of H-pyrrole nitrogens is 4. The predicted octanol–water partition coefficient (Wildman–Crippen LogP) is 4.28. The molecular formula is C34H37N5.